The van der Waals surface area contributed by atoms with Crippen LogP contribution < -0.4 is 14.2 Å². The summed E-state index contributed by atoms with van der Waals surface area (Å²) in [5.74, 6) is 0.778. The summed E-state index contributed by atoms with van der Waals surface area (Å²) in [4.78, 5) is 12.3. The average Bonchev–Trinajstić information content (AvgIpc) is 2.58. The third-order valence-electron chi connectivity index (χ3n) is 3.18. The second-order valence-corrected chi connectivity index (χ2v) is 5.53. The summed E-state index contributed by atoms with van der Waals surface area (Å²) in [5.41, 5.74) is 1.16. The van der Waals surface area contributed by atoms with Gasteiger partial charge in [0, 0.05) is 16.6 Å². The number of hydrogen-bond acceptors (Lipinski definition) is 5. The van der Waals surface area contributed by atoms with Crippen LogP contribution >= 0.6 is 15.9 Å². The van der Waals surface area contributed by atoms with Gasteiger partial charge in [0.25, 0.3) is 0 Å². The Morgan fingerprint density at radius 2 is 1.61 bits per heavy atom. The van der Waals surface area contributed by atoms with Crippen molar-refractivity contribution in [2.75, 3.05) is 21.3 Å². The summed E-state index contributed by atoms with van der Waals surface area (Å²) >= 11 is 3.38. The van der Waals surface area contributed by atoms with Crippen molar-refractivity contribution in [3.8, 4) is 17.2 Å². The van der Waals surface area contributed by atoms with Crippen LogP contribution in [0.5, 0.6) is 17.2 Å². The van der Waals surface area contributed by atoms with Crippen molar-refractivity contribution in [1.82, 2.24) is 0 Å². The predicted octanol–water partition coefficient (Wildman–Crippen LogP) is 3.83. The number of carbonyl (C=O) groups excluding carboxylic acids is 1. The van der Waals surface area contributed by atoms with E-state index in [2.05, 4.69) is 15.9 Å². The normalized spacial score (nSPS) is 10.1. The van der Waals surface area contributed by atoms with E-state index in [9.17, 15) is 4.79 Å². The molecule has 0 amide bonds. The minimum absolute atomic E-state index is 0.162. The van der Waals surface area contributed by atoms with Gasteiger partial charge in [-0.3, -0.25) is 0 Å². The topological polar surface area (TPSA) is 54.0 Å². The Morgan fingerprint density at radius 1 is 0.957 bits per heavy atom. The third-order valence-corrected chi connectivity index (χ3v) is 3.68. The molecule has 0 saturated carbocycles. The van der Waals surface area contributed by atoms with Crippen molar-refractivity contribution in [3.63, 3.8) is 0 Å². The van der Waals surface area contributed by atoms with Crippen LogP contribution in [0.25, 0.3) is 0 Å². The largest absolute Gasteiger partial charge is 0.496 e. The van der Waals surface area contributed by atoms with Gasteiger partial charge in [-0.05, 0) is 17.7 Å². The van der Waals surface area contributed by atoms with Gasteiger partial charge in [0.2, 0.25) is 0 Å². The van der Waals surface area contributed by atoms with Gasteiger partial charge in [0.15, 0.2) is 11.5 Å². The highest BCUT2D eigenvalue weighted by Gasteiger charge is 2.19. The number of rotatable bonds is 6. The number of benzene rings is 2. The lowest BCUT2D eigenvalue weighted by Gasteiger charge is -2.13. The molecule has 0 aliphatic rings. The Morgan fingerprint density at radius 3 is 2.22 bits per heavy atom. The SMILES string of the molecule is COc1cc(OC)c(C(=O)OCc2cccc(Br)c2)cc1OC. The summed E-state index contributed by atoms with van der Waals surface area (Å²) in [6.07, 6.45) is 0. The van der Waals surface area contributed by atoms with Crippen LogP contribution in [0, 0.1) is 0 Å². The van der Waals surface area contributed by atoms with Gasteiger partial charge in [-0.15, -0.1) is 0 Å². The van der Waals surface area contributed by atoms with Gasteiger partial charge in [0.05, 0.1) is 21.3 Å². The molecule has 0 N–H and O–H groups in total. The number of carbonyl (C=O) groups is 1. The number of halogens is 1. The maximum Gasteiger partial charge on any atom is 0.342 e. The van der Waals surface area contributed by atoms with E-state index in [1.807, 2.05) is 24.3 Å². The number of esters is 1. The van der Waals surface area contributed by atoms with Crippen LogP contribution in [0.15, 0.2) is 40.9 Å². The molecule has 0 aliphatic carbocycles. The van der Waals surface area contributed by atoms with Crippen LogP contribution in [0.1, 0.15) is 15.9 Å². The Bertz CT molecular complexity index is 699. The maximum absolute atomic E-state index is 12.3. The lowest BCUT2D eigenvalue weighted by molar-refractivity contribution is 0.0468. The Labute approximate surface area is 143 Å². The van der Waals surface area contributed by atoms with Gasteiger partial charge in [0.1, 0.15) is 17.9 Å². The standard InChI is InChI=1S/C17H17BrO5/c1-20-14-9-16(22-3)15(21-2)8-13(14)17(19)23-10-11-5-4-6-12(18)7-11/h4-9H,10H2,1-3H3. The zero-order valence-electron chi connectivity index (χ0n) is 13.1. The fourth-order valence-corrected chi connectivity index (χ4v) is 2.49. The molecular formula is C17H17BrO5. The second kappa shape index (κ2) is 7.87. The minimum Gasteiger partial charge on any atom is -0.496 e. The van der Waals surface area contributed by atoms with Crippen molar-refractivity contribution in [1.29, 1.82) is 0 Å². The quantitative estimate of drug-likeness (QED) is 0.712. The van der Waals surface area contributed by atoms with Crippen LogP contribution in [0.3, 0.4) is 0 Å². The molecule has 2 aromatic rings. The molecular weight excluding hydrogens is 364 g/mol. The molecule has 2 aromatic carbocycles. The van der Waals surface area contributed by atoms with Crippen molar-refractivity contribution >= 4 is 21.9 Å². The molecule has 0 atom stereocenters. The Kier molecular flexibility index (Phi) is 5.87. The van der Waals surface area contributed by atoms with E-state index in [1.54, 1.807) is 12.1 Å². The summed E-state index contributed by atoms with van der Waals surface area (Å²) in [7, 11) is 4.50. The number of methoxy groups -OCH3 is 3. The smallest absolute Gasteiger partial charge is 0.342 e. The first-order valence-electron chi connectivity index (χ1n) is 6.80. The molecule has 0 radical (unpaired) electrons. The molecule has 0 unspecified atom stereocenters. The van der Waals surface area contributed by atoms with Gasteiger partial charge >= 0.3 is 5.97 Å². The molecule has 6 heteroatoms. The van der Waals surface area contributed by atoms with E-state index in [0.717, 1.165) is 10.0 Å². The zero-order valence-corrected chi connectivity index (χ0v) is 14.7. The van der Waals surface area contributed by atoms with Gasteiger partial charge in [-0.2, -0.15) is 0 Å². The first kappa shape index (κ1) is 17.1. The first-order chi connectivity index (χ1) is 11.1. The summed E-state index contributed by atoms with van der Waals surface area (Å²) < 4.78 is 21.9. The molecule has 122 valence electrons. The molecule has 0 spiro atoms. The van der Waals surface area contributed by atoms with E-state index in [0.29, 0.717) is 17.2 Å². The number of ether oxygens (including phenoxy) is 4. The molecule has 0 fully saturated rings. The minimum atomic E-state index is -0.497. The lowest BCUT2D eigenvalue weighted by atomic mass is 10.1. The summed E-state index contributed by atoms with van der Waals surface area (Å²) in [6, 6.07) is 10.7. The van der Waals surface area contributed by atoms with Crippen molar-refractivity contribution < 1.29 is 23.7 Å². The molecule has 23 heavy (non-hydrogen) atoms. The summed E-state index contributed by atoms with van der Waals surface area (Å²) in [5, 5.41) is 0. The fourth-order valence-electron chi connectivity index (χ4n) is 2.04. The van der Waals surface area contributed by atoms with Gasteiger partial charge < -0.3 is 18.9 Å². The predicted molar refractivity (Wildman–Crippen MR) is 89.4 cm³/mol. The van der Waals surface area contributed by atoms with E-state index in [1.165, 1.54) is 21.3 Å². The third kappa shape index (κ3) is 4.16. The van der Waals surface area contributed by atoms with E-state index < -0.39 is 5.97 Å². The molecule has 5 nitrogen and oxygen atoms in total. The van der Waals surface area contributed by atoms with Crippen molar-refractivity contribution in [2.45, 2.75) is 6.61 Å². The Hall–Kier alpha value is -2.21. The lowest BCUT2D eigenvalue weighted by Crippen LogP contribution is -2.08. The van der Waals surface area contributed by atoms with Crippen LogP contribution in [-0.2, 0) is 11.3 Å². The van der Waals surface area contributed by atoms with E-state index in [4.69, 9.17) is 18.9 Å². The molecule has 0 aliphatic heterocycles. The molecule has 0 saturated heterocycles. The average molecular weight is 381 g/mol. The highest BCUT2D eigenvalue weighted by Crippen LogP contribution is 2.35. The van der Waals surface area contributed by atoms with Crippen LogP contribution in [0.2, 0.25) is 0 Å². The van der Waals surface area contributed by atoms with Crippen molar-refractivity contribution in [2.24, 2.45) is 0 Å². The molecule has 0 heterocycles. The summed E-state index contributed by atoms with van der Waals surface area (Å²) in [6.45, 7) is 0.162. The molecule has 2 rings (SSSR count). The second-order valence-electron chi connectivity index (χ2n) is 4.61. The monoisotopic (exact) mass is 380 g/mol. The first-order valence-corrected chi connectivity index (χ1v) is 7.60. The van der Waals surface area contributed by atoms with Crippen LogP contribution in [0.4, 0.5) is 0 Å². The Balaban J connectivity index is 2.21. The molecule has 0 bridgehead atoms. The van der Waals surface area contributed by atoms with Gasteiger partial charge in [-0.25, -0.2) is 4.79 Å². The van der Waals surface area contributed by atoms with Gasteiger partial charge in [-0.1, -0.05) is 28.1 Å². The van der Waals surface area contributed by atoms with E-state index >= 15 is 0 Å². The van der Waals surface area contributed by atoms with Crippen LogP contribution in [-0.4, -0.2) is 27.3 Å². The fraction of sp³-hybridized carbons (Fsp3) is 0.235. The maximum atomic E-state index is 12.3. The van der Waals surface area contributed by atoms with Crippen molar-refractivity contribution in [3.05, 3.63) is 52.0 Å². The highest BCUT2D eigenvalue weighted by atomic mass is 79.9. The molecule has 0 aromatic heterocycles. The highest BCUT2D eigenvalue weighted by molar-refractivity contribution is 9.10. The van der Waals surface area contributed by atoms with E-state index in [-0.39, 0.29) is 12.2 Å². The zero-order chi connectivity index (χ0) is 16.8. The number of hydrogen-bond donors (Lipinski definition) is 0.